The normalized spacial score (nSPS) is 11.5. The zero-order valence-corrected chi connectivity index (χ0v) is 13.9. The molecule has 0 fully saturated rings. The minimum absolute atomic E-state index is 0.121. The zero-order valence-electron chi connectivity index (χ0n) is 13.0. The molecule has 0 saturated heterocycles. The fourth-order valence-corrected chi connectivity index (χ4v) is 3.43. The van der Waals surface area contributed by atoms with Crippen LogP contribution in [-0.4, -0.2) is 25.5 Å². The van der Waals surface area contributed by atoms with Crippen molar-refractivity contribution in [3.8, 4) is 5.75 Å². The Kier molecular flexibility index (Phi) is 4.77. The Morgan fingerprint density at radius 3 is 2.45 bits per heavy atom. The maximum Gasteiger partial charge on any atom is 0.241 e. The Labute approximate surface area is 130 Å². The predicted molar refractivity (Wildman–Crippen MR) is 83.3 cm³/mol. The van der Waals surface area contributed by atoms with Gasteiger partial charge in [-0.1, -0.05) is 0 Å². The summed E-state index contributed by atoms with van der Waals surface area (Å²) in [6.45, 7) is 5.50. The van der Waals surface area contributed by atoms with Crippen molar-refractivity contribution in [3.63, 3.8) is 0 Å². The molecule has 2 rings (SSSR count). The topological polar surface area (TPSA) is 81.2 Å². The summed E-state index contributed by atoms with van der Waals surface area (Å²) < 4.78 is 32.7. The molecule has 22 heavy (non-hydrogen) atoms. The summed E-state index contributed by atoms with van der Waals surface area (Å²) in [4.78, 5) is 8.28. The summed E-state index contributed by atoms with van der Waals surface area (Å²) >= 11 is 0. The highest BCUT2D eigenvalue weighted by molar-refractivity contribution is 7.89. The van der Waals surface area contributed by atoms with Crippen LogP contribution >= 0.6 is 0 Å². The van der Waals surface area contributed by atoms with E-state index in [2.05, 4.69) is 14.7 Å². The summed E-state index contributed by atoms with van der Waals surface area (Å²) in [5, 5.41) is 0. The molecule has 0 radical (unpaired) electrons. The largest absolute Gasteiger partial charge is 0.496 e. The fraction of sp³-hybridized carbons (Fsp3) is 0.333. The van der Waals surface area contributed by atoms with Gasteiger partial charge in [0.05, 0.1) is 24.2 Å². The first-order valence-corrected chi connectivity index (χ1v) is 8.24. The van der Waals surface area contributed by atoms with Gasteiger partial charge in [0.25, 0.3) is 0 Å². The smallest absolute Gasteiger partial charge is 0.241 e. The first-order chi connectivity index (χ1) is 10.3. The van der Waals surface area contributed by atoms with E-state index in [4.69, 9.17) is 4.74 Å². The summed E-state index contributed by atoms with van der Waals surface area (Å²) in [6.07, 6.45) is 1.42. The molecule has 0 unspecified atom stereocenters. The summed E-state index contributed by atoms with van der Waals surface area (Å²) in [6, 6.07) is 5.08. The third-order valence-electron chi connectivity index (χ3n) is 3.29. The highest BCUT2D eigenvalue weighted by Gasteiger charge is 2.18. The lowest BCUT2D eigenvalue weighted by molar-refractivity contribution is 0.411. The van der Waals surface area contributed by atoms with Gasteiger partial charge < -0.3 is 4.74 Å². The van der Waals surface area contributed by atoms with Crippen molar-refractivity contribution in [2.75, 3.05) is 7.11 Å². The third kappa shape index (κ3) is 3.61. The average Bonchev–Trinajstić information content (AvgIpc) is 2.47. The number of ether oxygens (including phenoxy) is 1. The van der Waals surface area contributed by atoms with Crippen LogP contribution in [0, 0.1) is 20.8 Å². The van der Waals surface area contributed by atoms with Crippen LogP contribution < -0.4 is 9.46 Å². The van der Waals surface area contributed by atoms with Crippen molar-refractivity contribution >= 4 is 10.0 Å². The highest BCUT2D eigenvalue weighted by Crippen LogP contribution is 2.25. The Morgan fingerprint density at radius 1 is 1.09 bits per heavy atom. The van der Waals surface area contributed by atoms with E-state index in [9.17, 15) is 8.42 Å². The van der Waals surface area contributed by atoms with E-state index < -0.39 is 10.0 Å². The molecular weight excluding hydrogens is 302 g/mol. The molecule has 1 N–H and O–H groups in total. The van der Waals surface area contributed by atoms with Gasteiger partial charge in [0.1, 0.15) is 12.1 Å². The molecule has 0 amide bonds. The maximum absolute atomic E-state index is 12.5. The van der Waals surface area contributed by atoms with E-state index in [1.807, 2.05) is 13.8 Å². The number of aromatic nitrogens is 2. The standard InChI is InChI=1S/C15H19N3O3S/c1-10-6-15(11(2)5-14(10)21-4)22(19,20)18-8-13-7-12(3)16-9-17-13/h5-7,9,18H,8H2,1-4H3. The SMILES string of the molecule is COc1cc(C)c(S(=O)(=O)NCc2cc(C)ncn2)cc1C. The number of methoxy groups -OCH3 is 1. The van der Waals surface area contributed by atoms with Crippen LogP contribution in [0.25, 0.3) is 0 Å². The molecule has 0 aliphatic carbocycles. The molecular formula is C15H19N3O3S. The Hall–Kier alpha value is -1.99. The summed E-state index contributed by atoms with van der Waals surface area (Å²) in [7, 11) is -2.05. The van der Waals surface area contributed by atoms with E-state index in [0.717, 1.165) is 11.3 Å². The van der Waals surface area contributed by atoms with Crippen LogP contribution in [-0.2, 0) is 16.6 Å². The molecule has 7 heteroatoms. The summed E-state index contributed by atoms with van der Waals surface area (Å²) in [5.74, 6) is 0.669. The fourth-order valence-electron chi connectivity index (χ4n) is 2.13. The van der Waals surface area contributed by atoms with Gasteiger partial charge in [-0.3, -0.25) is 0 Å². The second-order valence-electron chi connectivity index (χ2n) is 5.06. The number of nitrogens with zero attached hydrogens (tertiary/aromatic N) is 2. The van der Waals surface area contributed by atoms with Crippen molar-refractivity contribution in [1.82, 2.24) is 14.7 Å². The van der Waals surface area contributed by atoms with Gasteiger partial charge in [-0.25, -0.2) is 23.1 Å². The predicted octanol–water partition coefficient (Wildman–Crippen LogP) is 1.89. The number of aryl methyl sites for hydroxylation is 3. The summed E-state index contributed by atoms with van der Waals surface area (Å²) in [5.41, 5.74) is 2.82. The monoisotopic (exact) mass is 321 g/mol. The molecule has 1 aromatic carbocycles. The Morgan fingerprint density at radius 2 is 1.82 bits per heavy atom. The van der Waals surface area contributed by atoms with Crippen molar-refractivity contribution in [2.45, 2.75) is 32.2 Å². The highest BCUT2D eigenvalue weighted by atomic mass is 32.2. The first kappa shape index (κ1) is 16.4. The lowest BCUT2D eigenvalue weighted by atomic mass is 10.1. The molecule has 0 aliphatic heterocycles. The van der Waals surface area contributed by atoms with Crippen LogP contribution in [0.2, 0.25) is 0 Å². The van der Waals surface area contributed by atoms with Gasteiger partial charge in [0, 0.05) is 5.69 Å². The molecule has 1 heterocycles. The molecule has 0 atom stereocenters. The van der Waals surface area contributed by atoms with Crippen molar-refractivity contribution in [2.24, 2.45) is 0 Å². The zero-order chi connectivity index (χ0) is 16.3. The van der Waals surface area contributed by atoms with Gasteiger partial charge in [-0.05, 0) is 50.1 Å². The maximum atomic E-state index is 12.5. The minimum Gasteiger partial charge on any atom is -0.496 e. The lowest BCUT2D eigenvalue weighted by Gasteiger charge is -2.12. The van der Waals surface area contributed by atoms with E-state index >= 15 is 0 Å². The van der Waals surface area contributed by atoms with Crippen LogP contribution in [0.4, 0.5) is 0 Å². The van der Waals surface area contributed by atoms with E-state index in [-0.39, 0.29) is 11.4 Å². The molecule has 118 valence electrons. The van der Waals surface area contributed by atoms with Crippen molar-refractivity contribution in [3.05, 3.63) is 47.0 Å². The van der Waals surface area contributed by atoms with E-state index in [1.54, 1.807) is 32.2 Å². The van der Waals surface area contributed by atoms with Gasteiger partial charge in [-0.15, -0.1) is 0 Å². The quantitative estimate of drug-likeness (QED) is 0.909. The Bertz CT molecular complexity index is 789. The molecule has 6 nitrogen and oxygen atoms in total. The van der Waals surface area contributed by atoms with Crippen molar-refractivity contribution < 1.29 is 13.2 Å². The second-order valence-corrected chi connectivity index (χ2v) is 6.80. The average molecular weight is 321 g/mol. The Balaban J connectivity index is 2.25. The van der Waals surface area contributed by atoms with Crippen LogP contribution in [0.5, 0.6) is 5.75 Å². The molecule has 0 aliphatic rings. The number of hydrogen-bond acceptors (Lipinski definition) is 5. The van der Waals surface area contributed by atoms with E-state index in [1.165, 1.54) is 6.33 Å². The number of benzene rings is 1. The lowest BCUT2D eigenvalue weighted by Crippen LogP contribution is -2.24. The van der Waals surface area contributed by atoms with Gasteiger partial charge in [0.15, 0.2) is 0 Å². The van der Waals surface area contributed by atoms with E-state index in [0.29, 0.717) is 17.0 Å². The second kappa shape index (κ2) is 6.41. The van der Waals surface area contributed by atoms with Crippen LogP contribution in [0.1, 0.15) is 22.5 Å². The number of hydrogen-bond donors (Lipinski definition) is 1. The molecule has 0 bridgehead atoms. The number of nitrogens with one attached hydrogen (secondary N) is 1. The molecule has 0 saturated carbocycles. The molecule has 0 spiro atoms. The van der Waals surface area contributed by atoms with Gasteiger partial charge in [0.2, 0.25) is 10.0 Å². The minimum atomic E-state index is -3.62. The van der Waals surface area contributed by atoms with Crippen LogP contribution in [0.15, 0.2) is 29.4 Å². The van der Waals surface area contributed by atoms with Crippen LogP contribution in [0.3, 0.4) is 0 Å². The molecule has 1 aromatic heterocycles. The number of rotatable bonds is 5. The van der Waals surface area contributed by atoms with Gasteiger partial charge in [-0.2, -0.15) is 0 Å². The third-order valence-corrected chi connectivity index (χ3v) is 4.83. The number of sulfonamides is 1. The first-order valence-electron chi connectivity index (χ1n) is 6.76. The van der Waals surface area contributed by atoms with Crippen molar-refractivity contribution in [1.29, 1.82) is 0 Å². The van der Waals surface area contributed by atoms with Gasteiger partial charge >= 0.3 is 0 Å². The molecule has 2 aromatic rings.